The summed E-state index contributed by atoms with van der Waals surface area (Å²) in [5.74, 6) is 0.436. The number of hydrogen-bond acceptors (Lipinski definition) is 10. The van der Waals surface area contributed by atoms with Crippen LogP contribution in [0.5, 0.6) is 5.75 Å². The first-order valence-corrected chi connectivity index (χ1v) is 17.0. The molecule has 3 aromatic heterocycles. The summed E-state index contributed by atoms with van der Waals surface area (Å²) in [5, 5.41) is 13.7. The summed E-state index contributed by atoms with van der Waals surface area (Å²) in [4.78, 5) is 23.5. The van der Waals surface area contributed by atoms with Gasteiger partial charge in [-0.05, 0) is 61.9 Å². The first-order chi connectivity index (χ1) is 23.8. The lowest BCUT2D eigenvalue weighted by molar-refractivity contribution is -0.192. The van der Waals surface area contributed by atoms with Crippen molar-refractivity contribution in [3.63, 3.8) is 0 Å². The van der Waals surface area contributed by atoms with Crippen molar-refractivity contribution in [2.24, 2.45) is 0 Å². The number of piperazine rings is 1. The van der Waals surface area contributed by atoms with Crippen molar-refractivity contribution in [2.45, 2.75) is 44.7 Å². The molecule has 3 atom stereocenters. The monoisotopic (exact) mass is 705 g/mol. The predicted molar refractivity (Wildman–Crippen MR) is 186 cm³/mol. The van der Waals surface area contributed by atoms with E-state index in [2.05, 4.69) is 42.2 Å². The molecule has 0 spiro atoms. The third-order valence-electron chi connectivity index (χ3n) is 8.97. The van der Waals surface area contributed by atoms with Gasteiger partial charge in [0.2, 0.25) is 5.79 Å². The molecule has 0 N–H and O–H groups in total. The highest BCUT2D eigenvalue weighted by atomic mass is 35.5. The Labute approximate surface area is 293 Å². The highest BCUT2D eigenvalue weighted by Crippen LogP contribution is 2.40. The van der Waals surface area contributed by atoms with Gasteiger partial charge in [0, 0.05) is 42.5 Å². The van der Waals surface area contributed by atoms with E-state index in [-0.39, 0.29) is 31.0 Å². The van der Waals surface area contributed by atoms with Crippen LogP contribution in [-0.2, 0) is 21.8 Å². The number of anilines is 2. The standard InChI is InChI=1S/C34H37Cl2N9O4/c1-3-24(2)45-33(46)43(23-40-45)27-7-11-32(37-19-27)42-16-14-41(15-17-42)26-5-8-28(9-6-26)47-20-29-21-48-34(49-29,22-44-38-12-13-39-44)30-10-4-25(35)18-31(30)36/h4-13,18-19,23-24,29H,3,14-17,20-22H2,1-2H3. The van der Waals surface area contributed by atoms with Gasteiger partial charge in [0.1, 0.15) is 37.2 Å². The van der Waals surface area contributed by atoms with E-state index < -0.39 is 5.79 Å². The third kappa shape index (κ3) is 7.02. The van der Waals surface area contributed by atoms with Gasteiger partial charge in [0.05, 0.1) is 41.9 Å². The fourth-order valence-electron chi connectivity index (χ4n) is 6.08. The van der Waals surface area contributed by atoms with Crippen molar-refractivity contribution in [1.29, 1.82) is 0 Å². The molecular formula is C34H37Cl2N9O4. The van der Waals surface area contributed by atoms with Crippen LogP contribution >= 0.6 is 23.2 Å². The van der Waals surface area contributed by atoms with Crippen LogP contribution in [0.25, 0.3) is 5.69 Å². The van der Waals surface area contributed by atoms with Gasteiger partial charge in [0.15, 0.2) is 0 Å². The Morgan fingerprint density at radius 1 is 0.959 bits per heavy atom. The molecule has 13 nitrogen and oxygen atoms in total. The number of benzene rings is 2. The third-order valence-corrected chi connectivity index (χ3v) is 9.52. The normalized spacial score (nSPS) is 20.1. The lowest BCUT2D eigenvalue weighted by Crippen LogP contribution is -2.46. The summed E-state index contributed by atoms with van der Waals surface area (Å²) < 4.78 is 21.9. The first kappa shape index (κ1) is 33.1. The predicted octanol–water partition coefficient (Wildman–Crippen LogP) is 4.97. The molecule has 256 valence electrons. The van der Waals surface area contributed by atoms with Gasteiger partial charge < -0.3 is 24.0 Å². The summed E-state index contributed by atoms with van der Waals surface area (Å²) in [6.07, 6.45) is 6.98. The van der Waals surface area contributed by atoms with Gasteiger partial charge in [-0.15, -0.1) is 0 Å². The van der Waals surface area contributed by atoms with E-state index in [0.29, 0.717) is 27.9 Å². The Morgan fingerprint density at radius 2 is 1.69 bits per heavy atom. The summed E-state index contributed by atoms with van der Waals surface area (Å²) in [6, 6.07) is 17.2. The summed E-state index contributed by atoms with van der Waals surface area (Å²) in [6.45, 7) is 8.17. The van der Waals surface area contributed by atoms with Crippen LogP contribution in [0, 0.1) is 0 Å². The van der Waals surface area contributed by atoms with Crippen molar-refractivity contribution in [2.75, 3.05) is 49.2 Å². The fraction of sp³-hybridized carbons (Fsp3) is 0.382. The second-order valence-electron chi connectivity index (χ2n) is 12.1. The second kappa shape index (κ2) is 14.2. The van der Waals surface area contributed by atoms with Gasteiger partial charge in [-0.1, -0.05) is 36.2 Å². The van der Waals surface area contributed by atoms with Crippen LogP contribution in [0.4, 0.5) is 11.5 Å². The van der Waals surface area contributed by atoms with E-state index in [9.17, 15) is 4.79 Å². The number of pyridine rings is 1. The SMILES string of the molecule is CCC(C)n1ncn(-c2ccc(N3CCN(c4ccc(OCC5COC(Cn6nccn6)(c6ccc(Cl)cc6Cl)O5)cc4)CC3)nc2)c1=O. The van der Waals surface area contributed by atoms with E-state index in [0.717, 1.165) is 49.9 Å². The fourth-order valence-corrected chi connectivity index (χ4v) is 6.63. The average Bonchev–Trinajstić information content (AvgIpc) is 3.88. The van der Waals surface area contributed by atoms with E-state index in [1.54, 1.807) is 43.1 Å². The molecule has 2 aliphatic rings. The van der Waals surface area contributed by atoms with E-state index >= 15 is 0 Å². The molecule has 0 amide bonds. The molecule has 5 aromatic rings. The van der Waals surface area contributed by atoms with Crippen LogP contribution in [0.15, 0.2) is 84.3 Å². The Kier molecular flexibility index (Phi) is 9.59. The highest BCUT2D eigenvalue weighted by molar-refractivity contribution is 6.35. The van der Waals surface area contributed by atoms with E-state index in [4.69, 9.17) is 37.4 Å². The number of hydrogen-bond donors (Lipinski definition) is 0. The maximum atomic E-state index is 12.8. The van der Waals surface area contributed by atoms with Crippen LogP contribution in [0.1, 0.15) is 31.9 Å². The lowest BCUT2D eigenvalue weighted by atomic mass is 10.1. The second-order valence-corrected chi connectivity index (χ2v) is 13.0. The largest absolute Gasteiger partial charge is 0.491 e. The van der Waals surface area contributed by atoms with Crippen LogP contribution in [0.2, 0.25) is 10.0 Å². The number of ether oxygens (including phenoxy) is 3. The van der Waals surface area contributed by atoms with Crippen molar-refractivity contribution >= 4 is 34.7 Å². The van der Waals surface area contributed by atoms with Gasteiger partial charge in [-0.25, -0.2) is 19.0 Å². The maximum absolute atomic E-state index is 12.8. The topological polar surface area (TPSA) is 118 Å². The van der Waals surface area contributed by atoms with Crippen molar-refractivity contribution < 1.29 is 14.2 Å². The first-order valence-electron chi connectivity index (χ1n) is 16.3. The van der Waals surface area contributed by atoms with Crippen LogP contribution in [-0.4, -0.2) is 79.8 Å². The van der Waals surface area contributed by atoms with E-state index in [1.807, 2.05) is 38.1 Å². The minimum absolute atomic E-state index is 0.0439. The molecule has 2 aliphatic heterocycles. The van der Waals surface area contributed by atoms with Gasteiger partial charge in [-0.2, -0.15) is 20.1 Å². The van der Waals surface area contributed by atoms with Crippen LogP contribution in [0.3, 0.4) is 0 Å². The summed E-state index contributed by atoms with van der Waals surface area (Å²) in [7, 11) is 0. The van der Waals surface area contributed by atoms with Crippen molar-refractivity contribution in [1.82, 2.24) is 34.3 Å². The molecular weight excluding hydrogens is 669 g/mol. The summed E-state index contributed by atoms with van der Waals surface area (Å²) in [5.41, 5.74) is 2.32. The lowest BCUT2D eigenvalue weighted by Gasteiger charge is -2.36. The number of rotatable bonds is 11. The molecule has 49 heavy (non-hydrogen) atoms. The molecule has 7 rings (SSSR count). The zero-order valence-corrected chi connectivity index (χ0v) is 28.7. The van der Waals surface area contributed by atoms with Gasteiger partial charge in [-0.3, -0.25) is 0 Å². The molecule has 2 aromatic carbocycles. The Morgan fingerprint density at radius 3 is 2.39 bits per heavy atom. The number of nitrogens with zero attached hydrogens (tertiary/aromatic N) is 9. The number of halogens is 2. The molecule has 2 saturated heterocycles. The Balaban J connectivity index is 0.925. The smallest absolute Gasteiger partial charge is 0.350 e. The molecule has 15 heteroatoms. The van der Waals surface area contributed by atoms with Crippen molar-refractivity contribution in [3.05, 3.63) is 106 Å². The zero-order chi connectivity index (χ0) is 34.0. The molecule has 3 unspecified atom stereocenters. The highest BCUT2D eigenvalue weighted by Gasteiger charge is 2.46. The minimum Gasteiger partial charge on any atom is -0.491 e. The van der Waals surface area contributed by atoms with Crippen LogP contribution < -0.4 is 20.2 Å². The molecule has 2 fully saturated rings. The summed E-state index contributed by atoms with van der Waals surface area (Å²) >= 11 is 12.7. The van der Waals surface area contributed by atoms with Crippen molar-refractivity contribution in [3.8, 4) is 11.4 Å². The molecule has 5 heterocycles. The molecule has 0 radical (unpaired) electrons. The Bertz CT molecular complexity index is 1910. The van der Waals surface area contributed by atoms with Gasteiger partial charge in [0.25, 0.3) is 0 Å². The Hall–Kier alpha value is -4.43. The molecule has 0 bridgehead atoms. The average molecular weight is 707 g/mol. The number of aromatic nitrogens is 7. The molecule has 0 saturated carbocycles. The van der Waals surface area contributed by atoms with E-state index in [1.165, 1.54) is 14.0 Å². The maximum Gasteiger partial charge on any atom is 0.350 e. The van der Waals surface area contributed by atoms with Gasteiger partial charge >= 0.3 is 5.69 Å². The minimum atomic E-state index is -1.19. The molecule has 0 aliphatic carbocycles. The quantitative estimate of drug-likeness (QED) is 0.186. The zero-order valence-electron chi connectivity index (χ0n) is 27.2.